The molecule has 0 saturated heterocycles. The number of rotatable bonds is 2. The zero-order chi connectivity index (χ0) is 12.7. The van der Waals surface area contributed by atoms with E-state index >= 15 is 0 Å². The predicted molar refractivity (Wildman–Crippen MR) is 65.9 cm³/mol. The number of benzene rings is 1. The van der Waals surface area contributed by atoms with Gasteiger partial charge in [0.2, 0.25) is 0 Å². The maximum Gasteiger partial charge on any atom is 0.264 e. The fraction of sp³-hybridized carbons (Fsp3) is 0.500. The molecule has 0 spiro atoms. The van der Waals surface area contributed by atoms with Crippen molar-refractivity contribution in [2.45, 2.75) is 44.1 Å². The Labute approximate surface area is 101 Å². The molecule has 1 nitrogen and oxygen atoms in total. The number of hydrogen-bond acceptors (Lipinski definition) is 1. The van der Waals surface area contributed by atoms with Gasteiger partial charge in [0.1, 0.15) is 0 Å². The summed E-state index contributed by atoms with van der Waals surface area (Å²) in [5.41, 5.74) is -0.847. The summed E-state index contributed by atoms with van der Waals surface area (Å²) in [5.74, 6) is -2.66. The van der Waals surface area contributed by atoms with Crippen LogP contribution < -0.4 is 0 Å². The van der Waals surface area contributed by atoms with Gasteiger partial charge in [-0.1, -0.05) is 30.3 Å². The SMILES string of the molecule is CC(C)(C)N=CC1(c2ccccc2)CC1(F)F. The van der Waals surface area contributed by atoms with Gasteiger partial charge in [0.05, 0.1) is 11.0 Å². The van der Waals surface area contributed by atoms with E-state index in [0.29, 0.717) is 5.56 Å². The molecule has 92 valence electrons. The van der Waals surface area contributed by atoms with Gasteiger partial charge in [-0.05, 0) is 26.3 Å². The molecule has 1 aromatic carbocycles. The smallest absolute Gasteiger partial charge is 0.264 e. The van der Waals surface area contributed by atoms with E-state index in [1.807, 2.05) is 26.8 Å². The van der Waals surface area contributed by atoms with Crippen LogP contribution >= 0.6 is 0 Å². The molecule has 0 radical (unpaired) electrons. The van der Waals surface area contributed by atoms with Gasteiger partial charge in [0, 0.05) is 12.6 Å². The summed E-state index contributed by atoms with van der Waals surface area (Å²) in [7, 11) is 0. The predicted octanol–water partition coefficient (Wildman–Crippen LogP) is 3.83. The summed E-state index contributed by atoms with van der Waals surface area (Å²) in [5, 5.41) is 0. The molecule has 0 aromatic heterocycles. The lowest BCUT2D eigenvalue weighted by Crippen LogP contribution is -2.21. The average molecular weight is 237 g/mol. The molecule has 2 rings (SSSR count). The summed E-state index contributed by atoms with van der Waals surface area (Å²) >= 11 is 0. The first-order chi connectivity index (χ1) is 7.77. The van der Waals surface area contributed by atoms with Gasteiger partial charge in [-0.15, -0.1) is 0 Å². The number of halogens is 2. The quantitative estimate of drug-likeness (QED) is 0.693. The van der Waals surface area contributed by atoms with Crippen molar-refractivity contribution in [1.82, 2.24) is 0 Å². The Morgan fingerprint density at radius 1 is 1.18 bits per heavy atom. The van der Waals surface area contributed by atoms with E-state index < -0.39 is 11.3 Å². The van der Waals surface area contributed by atoms with Gasteiger partial charge in [-0.3, -0.25) is 4.99 Å². The summed E-state index contributed by atoms with van der Waals surface area (Å²) in [6.07, 6.45) is 1.31. The van der Waals surface area contributed by atoms with Crippen molar-refractivity contribution < 1.29 is 8.78 Å². The molecule has 17 heavy (non-hydrogen) atoms. The summed E-state index contributed by atoms with van der Waals surface area (Å²) in [4.78, 5) is 4.26. The van der Waals surface area contributed by atoms with Gasteiger partial charge in [0.15, 0.2) is 0 Å². The topological polar surface area (TPSA) is 12.4 Å². The molecule has 1 fully saturated rings. The molecule has 1 aliphatic rings. The number of alkyl halides is 2. The Hall–Kier alpha value is -1.25. The number of aliphatic imine (C=N–C) groups is 1. The fourth-order valence-electron chi connectivity index (χ4n) is 1.87. The largest absolute Gasteiger partial charge is 0.291 e. The molecule has 0 bridgehead atoms. The van der Waals surface area contributed by atoms with Gasteiger partial charge < -0.3 is 0 Å². The molecule has 1 saturated carbocycles. The van der Waals surface area contributed by atoms with Crippen LogP contribution in [0.1, 0.15) is 32.8 Å². The fourth-order valence-corrected chi connectivity index (χ4v) is 1.87. The van der Waals surface area contributed by atoms with Gasteiger partial charge >= 0.3 is 0 Å². The maximum absolute atomic E-state index is 13.6. The first kappa shape index (κ1) is 12.2. The normalized spacial score (nSPS) is 27.4. The standard InChI is InChI=1S/C14H17F2N/c1-12(2,3)17-10-13(9-14(13,15)16)11-7-5-4-6-8-11/h4-8,10H,9H2,1-3H3. The Kier molecular flexibility index (Phi) is 2.60. The summed E-state index contributed by atoms with van der Waals surface area (Å²) in [6, 6.07) is 8.90. The highest BCUT2D eigenvalue weighted by molar-refractivity contribution is 5.81. The Morgan fingerprint density at radius 2 is 1.71 bits per heavy atom. The summed E-state index contributed by atoms with van der Waals surface area (Å²) in [6.45, 7) is 5.72. The summed E-state index contributed by atoms with van der Waals surface area (Å²) < 4.78 is 27.2. The second kappa shape index (κ2) is 3.62. The van der Waals surface area contributed by atoms with E-state index in [-0.39, 0.29) is 12.0 Å². The molecule has 3 heteroatoms. The first-order valence-electron chi connectivity index (χ1n) is 5.77. The highest BCUT2D eigenvalue weighted by atomic mass is 19.3. The lowest BCUT2D eigenvalue weighted by Gasteiger charge is -2.16. The third-order valence-electron chi connectivity index (χ3n) is 2.99. The van der Waals surface area contributed by atoms with Crippen molar-refractivity contribution in [2.24, 2.45) is 4.99 Å². The molecule has 0 amide bonds. The molecular formula is C14H17F2N. The number of hydrogen-bond donors (Lipinski definition) is 0. The van der Waals surface area contributed by atoms with Crippen molar-refractivity contribution in [2.75, 3.05) is 0 Å². The van der Waals surface area contributed by atoms with E-state index in [1.54, 1.807) is 24.3 Å². The van der Waals surface area contributed by atoms with Crippen molar-refractivity contribution in [1.29, 1.82) is 0 Å². The van der Waals surface area contributed by atoms with Crippen LogP contribution in [-0.4, -0.2) is 17.7 Å². The van der Waals surface area contributed by atoms with Crippen LogP contribution in [0.5, 0.6) is 0 Å². The minimum Gasteiger partial charge on any atom is -0.291 e. The van der Waals surface area contributed by atoms with Crippen LogP contribution in [-0.2, 0) is 5.41 Å². The second-order valence-corrected chi connectivity index (χ2v) is 5.65. The number of nitrogens with zero attached hydrogens (tertiary/aromatic N) is 1. The van der Waals surface area contributed by atoms with E-state index in [0.717, 1.165) is 0 Å². The molecule has 1 aromatic rings. The lowest BCUT2D eigenvalue weighted by molar-refractivity contribution is 0.103. The molecule has 1 aliphatic carbocycles. The van der Waals surface area contributed by atoms with Crippen LogP contribution in [0.3, 0.4) is 0 Å². The highest BCUT2D eigenvalue weighted by Gasteiger charge is 2.71. The van der Waals surface area contributed by atoms with E-state index in [4.69, 9.17) is 0 Å². The lowest BCUT2D eigenvalue weighted by atomic mass is 9.96. The zero-order valence-electron chi connectivity index (χ0n) is 10.4. The van der Waals surface area contributed by atoms with Crippen LogP contribution in [0.25, 0.3) is 0 Å². The van der Waals surface area contributed by atoms with Crippen molar-refractivity contribution in [3.8, 4) is 0 Å². The van der Waals surface area contributed by atoms with Crippen LogP contribution in [0.15, 0.2) is 35.3 Å². The van der Waals surface area contributed by atoms with Gasteiger partial charge in [-0.2, -0.15) is 0 Å². The van der Waals surface area contributed by atoms with Crippen LogP contribution in [0, 0.1) is 0 Å². The minimum atomic E-state index is -2.66. The monoisotopic (exact) mass is 237 g/mol. The molecule has 0 N–H and O–H groups in total. The van der Waals surface area contributed by atoms with Gasteiger partial charge in [-0.25, -0.2) is 8.78 Å². The van der Waals surface area contributed by atoms with E-state index in [9.17, 15) is 8.78 Å². The molecule has 1 unspecified atom stereocenters. The molecule has 0 aliphatic heterocycles. The molecule has 1 atom stereocenters. The van der Waals surface area contributed by atoms with Crippen LogP contribution in [0.4, 0.5) is 8.78 Å². The van der Waals surface area contributed by atoms with Crippen molar-refractivity contribution in [3.05, 3.63) is 35.9 Å². The highest BCUT2D eigenvalue weighted by Crippen LogP contribution is 2.60. The van der Waals surface area contributed by atoms with Gasteiger partial charge in [0.25, 0.3) is 5.92 Å². The van der Waals surface area contributed by atoms with Crippen molar-refractivity contribution in [3.63, 3.8) is 0 Å². The Balaban J connectivity index is 2.35. The minimum absolute atomic E-state index is 0.135. The second-order valence-electron chi connectivity index (χ2n) is 5.65. The average Bonchev–Trinajstić information content (AvgIpc) is 2.80. The first-order valence-corrected chi connectivity index (χ1v) is 5.77. The maximum atomic E-state index is 13.6. The van der Waals surface area contributed by atoms with Crippen molar-refractivity contribution >= 4 is 6.21 Å². The Morgan fingerprint density at radius 3 is 2.12 bits per heavy atom. The molecule has 0 heterocycles. The molecular weight excluding hydrogens is 220 g/mol. The van der Waals surface area contributed by atoms with E-state index in [2.05, 4.69) is 4.99 Å². The third-order valence-corrected chi connectivity index (χ3v) is 2.99. The Bertz CT molecular complexity index is 431. The third kappa shape index (κ3) is 2.24. The van der Waals surface area contributed by atoms with E-state index in [1.165, 1.54) is 6.21 Å². The van der Waals surface area contributed by atoms with Crippen LogP contribution in [0.2, 0.25) is 0 Å². The zero-order valence-corrected chi connectivity index (χ0v) is 10.4.